The van der Waals surface area contributed by atoms with Gasteiger partial charge in [0.2, 0.25) is 10.0 Å². The first-order valence-corrected chi connectivity index (χ1v) is 6.22. The Morgan fingerprint density at radius 3 is 2.58 bits per heavy atom. The van der Waals surface area contributed by atoms with E-state index in [1.165, 1.54) is 6.92 Å². The van der Waals surface area contributed by atoms with Crippen LogP contribution in [0.5, 0.6) is 0 Å². The van der Waals surface area contributed by atoms with Crippen molar-refractivity contribution in [1.29, 1.82) is 0 Å². The highest BCUT2D eigenvalue weighted by Crippen LogP contribution is 2.22. The Hall–Kier alpha value is -0.140. The lowest BCUT2D eigenvalue weighted by Gasteiger charge is -2.12. The van der Waals surface area contributed by atoms with Crippen molar-refractivity contribution in [2.45, 2.75) is 6.92 Å². The lowest BCUT2D eigenvalue weighted by molar-refractivity contribution is -0.120. The van der Waals surface area contributed by atoms with Crippen LogP contribution in [0.25, 0.3) is 0 Å². The fourth-order valence-electron chi connectivity index (χ4n) is 0.740. The Bertz CT molecular complexity index is 305. The molecule has 1 saturated heterocycles. The summed E-state index contributed by atoms with van der Waals surface area (Å²) in [4.78, 5) is 11.0. The number of nitrogens with zero attached hydrogens (tertiary/aromatic N) is 1. The highest BCUT2D eigenvalue weighted by Gasteiger charge is 2.35. The van der Waals surface area contributed by atoms with E-state index in [0.717, 1.165) is 11.8 Å². The zero-order valence-electron chi connectivity index (χ0n) is 6.31. The minimum absolute atomic E-state index is 0.0978. The summed E-state index contributed by atoms with van der Waals surface area (Å²) < 4.78 is 23.3. The number of amides is 1. The van der Waals surface area contributed by atoms with Crippen molar-refractivity contribution in [3.8, 4) is 0 Å². The molecule has 0 aromatic heterocycles. The van der Waals surface area contributed by atoms with Crippen molar-refractivity contribution in [2.75, 3.05) is 11.5 Å². The molecular weight excluding hydrogens is 218 g/mol. The molecule has 1 aliphatic heterocycles. The van der Waals surface area contributed by atoms with Gasteiger partial charge in [0.1, 0.15) is 0 Å². The standard InChI is InChI=1S/C5H7NO3S3/c1-2-12(8,9)6-4(7)3-11-5(6)10/h2-3H2,1H3. The molecule has 0 aromatic carbocycles. The molecule has 1 rings (SSSR count). The van der Waals surface area contributed by atoms with Gasteiger partial charge in [-0.25, -0.2) is 8.42 Å². The van der Waals surface area contributed by atoms with Crippen LogP contribution in [0.2, 0.25) is 0 Å². The second-order valence-corrected chi connectivity index (χ2v) is 5.83. The summed E-state index contributed by atoms with van der Waals surface area (Å²) in [5, 5.41) is 0. The van der Waals surface area contributed by atoms with Crippen LogP contribution in [0, 0.1) is 0 Å². The van der Waals surface area contributed by atoms with E-state index in [2.05, 4.69) is 0 Å². The Morgan fingerprint density at radius 1 is 1.67 bits per heavy atom. The zero-order valence-corrected chi connectivity index (χ0v) is 8.76. The van der Waals surface area contributed by atoms with E-state index in [1.54, 1.807) is 0 Å². The molecule has 0 spiro atoms. The summed E-state index contributed by atoms with van der Waals surface area (Å²) in [6.45, 7) is 1.48. The maximum atomic E-state index is 11.2. The van der Waals surface area contributed by atoms with E-state index in [-0.39, 0.29) is 15.8 Å². The molecule has 7 heteroatoms. The first-order valence-electron chi connectivity index (χ1n) is 3.21. The van der Waals surface area contributed by atoms with Gasteiger partial charge in [0, 0.05) is 0 Å². The molecule has 0 bridgehead atoms. The Morgan fingerprint density at radius 2 is 2.25 bits per heavy atom. The second-order valence-electron chi connectivity index (χ2n) is 2.11. The van der Waals surface area contributed by atoms with Crippen molar-refractivity contribution in [2.24, 2.45) is 0 Å². The minimum atomic E-state index is -3.47. The Kier molecular flexibility index (Phi) is 2.74. The van der Waals surface area contributed by atoms with Crippen LogP contribution in [-0.2, 0) is 14.8 Å². The molecule has 1 fully saturated rings. The molecule has 0 aromatic rings. The fourth-order valence-corrected chi connectivity index (χ4v) is 3.40. The summed E-state index contributed by atoms with van der Waals surface area (Å²) in [5.41, 5.74) is 0. The summed E-state index contributed by atoms with van der Waals surface area (Å²) in [6, 6.07) is 0. The molecule has 0 unspecified atom stereocenters. The highest BCUT2D eigenvalue weighted by atomic mass is 32.2. The zero-order chi connectivity index (χ0) is 9.35. The van der Waals surface area contributed by atoms with Gasteiger partial charge in [-0.2, -0.15) is 4.31 Å². The number of thioether (sulfide) groups is 1. The maximum Gasteiger partial charge on any atom is 0.252 e. The quantitative estimate of drug-likeness (QED) is 0.628. The van der Waals surface area contributed by atoms with Gasteiger partial charge in [-0.05, 0) is 6.92 Å². The monoisotopic (exact) mass is 225 g/mol. The number of rotatable bonds is 2. The van der Waals surface area contributed by atoms with Gasteiger partial charge >= 0.3 is 0 Å². The number of hydrogen-bond acceptors (Lipinski definition) is 5. The van der Waals surface area contributed by atoms with Crippen molar-refractivity contribution >= 4 is 44.2 Å². The van der Waals surface area contributed by atoms with Gasteiger partial charge < -0.3 is 0 Å². The lowest BCUT2D eigenvalue weighted by atomic mass is 10.7. The predicted octanol–water partition coefficient (Wildman–Crippen LogP) is 0.196. The van der Waals surface area contributed by atoms with Gasteiger partial charge in [-0.3, -0.25) is 4.79 Å². The molecular formula is C5H7NO3S3. The van der Waals surface area contributed by atoms with Crippen molar-refractivity contribution in [3.63, 3.8) is 0 Å². The van der Waals surface area contributed by atoms with Gasteiger partial charge in [0.15, 0.2) is 4.32 Å². The molecule has 1 amide bonds. The predicted molar refractivity (Wildman–Crippen MR) is 51.4 cm³/mol. The number of thiocarbonyl (C=S) groups is 1. The van der Waals surface area contributed by atoms with Gasteiger partial charge in [0.05, 0.1) is 11.5 Å². The number of carbonyl (C=O) groups is 1. The molecule has 0 atom stereocenters. The van der Waals surface area contributed by atoms with Crippen LogP contribution in [0.4, 0.5) is 0 Å². The normalized spacial score (nSPS) is 18.9. The van der Waals surface area contributed by atoms with Crippen LogP contribution < -0.4 is 0 Å². The van der Waals surface area contributed by atoms with Crippen molar-refractivity contribution in [1.82, 2.24) is 4.31 Å². The third kappa shape index (κ3) is 1.62. The third-order valence-electron chi connectivity index (χ3n) is 1.35. The number of carbonyl (C=O) groups excluding carboxylic acids is 1. The van der Waals surface area contributed by atoms with E-state index in [0.29, 0.717) is 4.31 Å². The molecule has 0 N–H and O–H groups in total. The molecule has 1 aliphatic rings. The number of sulfonamides is 1. The van der Waals surface area contributed by atoms with Crippen molar-refractivity contribution in [3.05, 3.63) is 0 Å². The summed E-state index contributed by atoms with van der Waals surface area (Å²) in [7, 11) is -3.47. The van der Waals surface area contributed by atoms with Crippen LogP contribution in [0.1, 0.15) is 6.92 Å². The minimum Gasteiger partial charge on any atom is -0.272 e. The van der Waals surface area contributed by atoms with Crippen LogP contribution in [0.3, 0.4) is 0 Å². The summed E-state index contributed by atoms with van der Waals surface area (Å²) in [6.07, 6.45) is 0. The van der Waals surface area contributed by atoms with Gasteiger partial charge in [0.25, 0.3) is 5.91 Å². The maximum absolute atomic E-state index is 11.2. The summed E-state index contributed by atoms with van der Waals surface area (Å²) >= 11 is 5.81. The summed E-state index contributed by atoms with van der Waals surface area (Å²) in [5.74, 6) is -0.399. The Balaban J connectivity index is 3.02. The lowest BCUT2D eigenvalue weighted by Crippen LogP contribution is -2.36. The van der Waals surface area contributed by atoms with Gasteiger partial charge in [-0.15, -0.1) is 0 Å². The topological polar surface area (TPSA) is 54.5 Å². The molecule has 1 heterocycles. The SMILES string of the molecule is CCS(=O)(=O)N1C(=O)CSC1=S. The molecule has 68 valence electrons. The molecule has 0 saturated carbocycles. The first kappa shape index (κ1) is 9.94. The largest absolute Gasteiger partial charge is 0.272 e. The van der Waals surface area contributed by atoms with Crippen LogP contribution >= 0.6 is 24.0 Å². The molecule has 4 nitrogen and oxygen atoms in total. The van der Waals surface area contributed by atoms with Crippen LogP contribution in [0.15, 0.2) is 0 Å². The number of hydrogen-bond donors (Lipinski definition) is 0. The van der Waals surface area contributed by atoms with E-state index >= 15 is 0 Å². The van der Waals surface area contributed by atoms with E-state index < -0.39 is 15.9 Å². The first-order chi connectivity index (χ1) is 5.49. The van der Waals surface area contributed by atoms with Crippen molar-refractivity contribution < 1.29 is 13.2 Å². The van der Waals surface area contributed by atoms with Gasteiger partial charge in [-0.1, -0.05) is 24.0 Å². The Labute approximate surface area is 80.4 Å². The van der Waals surface area contributed by atoms with E-state index in [4.69, 9.17) is 12.2 Å². The molecule has 0 aliphatic carbocycles. The molecule has 0 radical (unpaired) electrons. The van der Waals surface area contributed by atoms with E-state index in [1.807, 2.05) is 0 Å². The third-order valence-corrected chi connectivity index (χ3v) is 4.61. The average Bonchev–Trinajstić information content (AvgIpc) is 2.31. The van der Waals surface area contributed by atoms with Crippen LogP contribution in [-0.4, -0.2) is 34.5 Å². The smallest absolute Gasteiger partial charge is 0.252 e. The second kappa shape index (κ2) is 3.31. The average molecular weight is 225 g/mol. The fraction of sp³-hybridized carbons (Fsp3) is 0.600. The highest BCUT2D eigenvalue weighted by molar-refractivity contribution is 8.25. The van der Waals surface area contributed by atoms with E-state index in [9.17, 15) is 13.2 Å². The molecule has 12 heavy (non-hydrogen) atoms.